The second-order valence-electron chi connectivity index (χ2n) is 1.63. The fourth-order valence-electron chi connectivity index (χ4n) is 0.444. The third kappa shape index (κ3) is 1.04. The topological polar surface area (TPSA) is 97.5 Å². The van der Waals surface area contributed by atoms with E-state index in [-0.39, 0.29) is 11.7 Å². The van der Waals surface area contributed by atoms with Gasteiger partial charge in [-0.1, -0.05) is 10.3 Å². The van der Waals surface area contributed by atoms with Gasteiger partial charge in [-0.3, -0.25) is 0 Å². The number of rotatable bonds is 1. The fourth-order valence-corrected chi connectivity index (χ4v) is 0.444. The molecule has 0 aromatic carbocycles. The van der Waals surface area contributed by atoms with Crippen LogP contribution < -0.4 is 5.73 Å². The zero-order valence-electron chi connectivity index (χ0n) is 5.27. The number of aromatic nitrogens is 2. The van der Waals surface area contributed by atoms with E-state index in [4.69, 9.17) is 10.9 Å². The summed E-state index contributed by atoms with van der Waals surface area (Å²) in [5.74, 6) is 0.294. The molecule has 0 aliphatic rings. The summed E-state index contributed by atoms with van der Waals surface area (Å²) in [6.07, 6.45) is 0. The predicted molar refractivity (Wildman–Crippen MR) is 31.5 cm³/mol. The van der Waals surface area contributed by atoms with Crippen molar-refractivity contribution in [3.8, 4) is 0 Å². The van der Waals surface area contributed by atoms with Crippen molar-refractivity contribution in [3.63, 3.8) is 0 Å². The third-order valence-corrected chi connectivity index (χ3v) is 0.854. The monoisotopic (exact) mass is 142 g/mol. The average Bonchev–Trinajstić information content (AvgIpc) is 2.34. The van der Waals surface area contributed by atoms with E-state index in [1.807, 2.05) is 0 Å². The first kappa shape index (κ1) is 6.53. The van der Waals surface area contributed by atoms with Gasteiger partial charge in [0.1, 0.15) is 0 Å². The van der Waals surface area contributed by atoms with E-state index in [2.05, 4.69) is 19.8 Å². The molecule has 0 spiro atoms. The van der Waals surface area contributed by atoms with Crippen LogP contribution in [-0.2, 0) is 0 Å². The maximum Gasteiger partial charge on any atom is 0.296 e. The molecule has 1 heterocycles. The highest BCUT2D eigenvalue weighted by atomic mass is 16.5. The molecule has 0 unspecified atom stereocenters. The van der Waals surface area contributed by atoms with Crippen LogP contribution >= 0.6 is 0 Å². The molecule has 0 radical (unpaired) electrons. The molecule has 0 aliphatic heterocycles. The normalized spacial score (nSPS) is 11.9. The van der Waals surface area contributed by atoms with Gasteiger partial charge < -0.3 is 15.5 Å². The number of nitrogens with two attached hydrogens (primary N) is 1. The molecule has 3 N–H and O–H groups in total. The van der Waals surface area contributed by atoms with Gasteiger partial charge in [-0.2, -0.15) is 4.98 Å². The summed E-state index contributed by atoms with van der Waals surface area (Å²) >= 11 is 0. The number of oxime groups is 1. The molecule has 1 rings (SSSR count). The molecule has 6 nitrogen and oxygen atoms in total. The lowest BCUT2D eigenvalue weighted by atomic mass is 10.6. The Balaban J connectivity index is 2.95. The predicted octanol–water partition coefficient (Wildman–Crippen LogP) is -0.527. The van der Waals surface area contributed by atoms with Crippen LogP contribution in [0.4, 0.5) is 0 Å². The van der Waals surface area contributed by atoms with E-state index in [0.29, 0.717) is 5.82 Å². The van der Waals surface area contributed by atoms with Crippen molar-refractivity contribution < 1.29 is 9.73 Å². The zero-order chi connectivity index (χ0) is 7.56. The van der Waals surface area contributed by atoms with Gasteiger partial charge in [0.2, 0.25) is 5.84 Å². The molecule has 0 aliphatic carbocycles. The zero-order valence-corrected chi connectivity index (χ0v) is 5.27. The van der Waals surface area contributed by atoms with E-state index >= 15 is 0 Å². The van der Waals surface area contributed by atoms with Crippen molar-refractivity contribution in [1.82, 2.24) is 10.1 Å². The van der Waals surface area contributed by atoms with Crippen molar-refractivity contribution >= 4 is 5.84 Å². The first-order valence-corrected chi connectivity index (χ1v) is 2.52. The molecule has 0 fully saturated rings. The Labute approximate surface area is 56.3 Å². The minimum atomic E-state index is -0.180. The van der Waals surface area contributed by atoms with E-state index in [1.165, 1.54) is 0 Å². The Morgan fingerprint density at radius 1 is 1.80 bits per heavy atom. The highest BCUT2D eigenvalue weighted by Crippen LogP contribution is 1.93. The minimum Gasteiger partial charge on any atom is -0.409 e. The van der Waals surface area contributed by atoms with Crippen LogP contribution in [0.2, 0.25) is 0 Å². The van der Waals surface area contributed by atoms with Crippen molar-refractivity contribution in [2.24, 2.45) is 10.9 Å². The largest absolute Gasteiger partial charge is 0.409 e. The van der Waals surface area contributed by atoms with Gasteiger partial charge in [0.05, 0.1) is 0 Å². The third-order valence-electron chi connectivity index (χ3n) is 0.854. The molecule has 0 saturated carbocycles. The number of aryl methyl sites for hydroxylation is 1. The molecule has 10 heavy (non-hydrogen) atoms. The number of amidine groups is 1. The molecule has 1 aromatic rings. The SMILES string of the molecule is Cc1noc(/C(N)=N/O)n1. The molecule has 0 saturated heterocycles. The van der Waals surface area contributed by atoms with Crippen molar-refractivity contribution in [2.45, 2.75) is 6.92 Å². The quantitative estimate of drug-likeness (QED) is 0.238. The van der Waals surface area contributed by atoms with Gasteiger partial charge in [0, 0.05) is 0 Å². The summed E-state index contributed by atoms with van der Waals surface area (Å²) in [6, 6.07) is 0. The van der Waals surface area contributed by atoms with Crippen molar-refractivity contribution in [2.75, 3.05) is 0 Å². The van der Waals surface area contributed by atoms with Crippen LogP contribution in [0.1, 0.15) is 11.7 Å². The summed E-state index contributed by atoms with van der Waals surface area (Å²) in [4.78, 5) is 3.69. The summed E-state index contributed by atoms with van der Waals surface area (Å²) in [5.41, 5.74) is 5.11. The highest BCUT2D eigenvalue weighted by Gasteiger charge is 2.06. The Hall–Kier alpha value is -1.59. The average molecular weight is 142 g/mol. The van der Waals surface area contributed by atoms with E-state index in [9.17, 15) is 0 Å². The van der Waals surface area contributed by atoms with E-state index in [0.717, 1.165) is 0 Å². The van der Waals surface area contributed by atoms with Crippen LogP contribution in [0.5, 0.6) is 0 Å². The Morgan fingerprint density at radius 2 is 2.50 bits per heavy atom. The summed E-state index contributed by atoms with van der Waals surface area (Å²) < 4.78 is 4.54. The Kier molecular flexibility index (Phi) is 1.53. The van der Waals surface area contributed by atoms with Crippen LogP contribution in [0.15, 0.2) is 9.68 Å². The molecule has 6 heteroatoms. The standard InChI is InChI=1S/C4H6N4O2/c1-2-6-4(10-8-2)3(5)7-9/h9H,1H3,(H2,5,7). The highest BCUT2D eigenvalue weighted by molar-refractivity contribution is 5.92. The van der Waals surface area contributed by atoms with Crippen LogP contribution in [0, 0.1) is 6.92 Å². The van der Waals surface area contributed by atoms with Gasteiger partial charge in [-0.15, -0.1) is 0 Å². The van der Waals surface area contributed by atoms with Gasteiger partial charge in [0.25, 0.3) is 5.89 Å². The lowest BCUT2D eigenvalue weighted by Gasteiger charge is -1.83. The van der Waals surface area contributed by atoms with Gasteiger partial charge in [-0.25, -0.2) is 0 Å². The van der Waals surface area contributed by atoms with Gasteiger partial charge >= 0.3 is 0 Å². The number of hydrogen-bond donors (Lipinski definition) is 2. The summed E-state index contributed by atoms with van der Waals surface area (Å²) in [5, 5.41) is 14.2. The van der Waals surface area contributed by atoms with Crippen LogP contribution in [0.3, 0.4) is 0 Å². The first-order chi connectivity index (χ1) is 4.74. The molecular weight excluding hydrogens is 136 g/mol. The van der Waals surface area contributed by atoms with Crippen molar-refractivity contribution in [1.29, 1.82) is 0 Å². The van der Waals surface area contributed by atoms with Crippen LogP contribution in [0.25, 0.3) is 0 Å². The first-order valence-electron chi connectivity index (χ1n) is 2.52. The lowest BCUT2D eigenvalue weighted by Crippen LogP contribution is -2.13. The van der Waals surface area contributed by atoms with E-state index < -0.39 is 0 Å². The maximum absolute atomic E-state index is 8.13. The molecular formula is C4H6N4O2. The number of nitrogens with zero attached hydrogens (tertiary/aromatic N) is 3. The fraction of sp³-hybridized carbons (Fsp3) is 0.250. The molecule has 0 bridgehead atoms. The van der Waals surface area contributed by atoms with E-state index in [1.54, 1.807) is 6.92 Å². The second-order valence-corrected chi connectivity index (χ2v) is 1.63. The molecule has 0 amide bonds. The molecule has 0 atom stereocenters. The number of hydrogen-bond acceptors (Lipinski definition) is 5. The smallest absolute Gasteiger partial charge is 0.296 e. The maximum atomic E-state index is 8.13. The minimum absolute atomic E-state index is 0.0278. The summed E-state index contributed by atoms with van der Waals surface area (Å²) in [7, 11) is 0. The Morgan fingerprint density at radius 3 is 2.90 bits per heavy atom. The lowest BCUT2D eigenvalue weighted by molar-refractivity contribution is 0.315. The van der Waals surface area contributed by atoms with Gasteiger partial charge in [0.15, 0.2) is 5.82 Å². The van der Waals surface area contributed by atoms with Crippen LogP contribution in [-0.4, -0.2) is 21.2 Å². The molecule has 1 aromatic heterocycles. The summed E-state index contributed by atoms with van der Waals surface area (Å²) in [6.45, 7) is 1.64. The van der Waals surface area contributed by atoms with Crippen molar-refractivity contribution in [3.05, 3.63) is 11.7 Å². The van der Waals surface area contributed by atoms with Gasteiger partial charge in [-0.05, 0) is 6.92 Å². The molecule has 54 valence electrons. The second kappa shape index (κ2) is 2.34. The Bertz CT molecular complexity index is 254.